The Morgan fingerprint density at radius 2 is 2.04 bits per heavy atom. The molecule has 4 rings (SSSR count). The van der Waals surface area contributed by atoms with Crippen molar-refractivity contribution in [1.82, 2.24) is 29.5 Å². The fourth-order valence-corrected chi connectivity index (χ4v) is 3.27. The lowest BCUT2D eigenvalue weighted by molar-refractivity contribution is 0.0705. The van der Waals surface area contributed by atoms with Crippen molar-refractivity contribution < 1.29 is 4.79 Å². The van der Waals surface area contributed by atoms with Crippen LogP contribution in [0.4, 0.5) is 0 Å². The summed E-state index contributed by atoms with van der Waals surface area (Å²) in [6, 6.07) is 5.00. The first-order chi connectivity index (χ1) is 12.1. The van der Waals surface area contributed by atoms with E-state index in [-0.39, 0.29) is 17.4 Å². The van der Waals surface area contributed by atoms with Crippen molar-refractivity contribution >= 4 is 11.6 Å². The highest BCUT2D eigenvalue weighted by molar-refractivity contribution is 5.92. The number of rotatable bonds is 2. The predicted molar refractivity (Wildman–Crippen MR) is 90.5 cm³/mol. The average Bonchev–Trinajstić information content (AvgIpc) is 3.10. The van der Waals surface area contributed by atoms with Gasteiger partial charge in [-0.2, -0.15) is 0 Å². The third-order valence-electron chi connectivity index (χ3n) is 4.60. The molecule has 0 unspecified atom stereocenters. The second-order valence-corrected chi connectivity index (χ2v) is 6.23. The molecule has 0 aromatic carbocycles. The lowest BCUT2D eigenvalue weighted by Crippen LogP contribution is -2.38. The van der Waals surface area contributed by atoms with Gasteiger partial charge in [0, 0.05) is 43.5 Å². The van der Waals surface area contributed by atoms with Crippen molar-refractivity contribution in [2.24, 2.45) is 0 Å². The number of likely N-dealkylation sites (tertiary alicyclic amines) is 1. The Balaban J connectivity index is 1.49. The zero-order chi connectivity index (χ0) is 17.4. The van der Waals surface area contributed by atoms with Crippen molar-refractivity contribution in [3.63, 3.8) is 0 Å². The summed E-state index contributed by atoms with van der Waals surface area (Å²) in [6.45, 7) is 3.02. The van der Waals surface area contributed by atoms with Crippen LogP contribution < -0.4 is 5.56 Å². The van der Waals surface area contributed by atoms with Gasteiger partial charge < -0.3 is 4.90 Å². The lowest BCUT2D eigenvalue weighted by Gasteiger charge is -2.31. The average molecular weight is 338 g/mol. The smallest absolute Gasteiger partial charge is 0.272 e. The Bertz CT molecular complexity index is 984. The molecule has 8 heteroatoms. The quantitative estimate of drug-likeness (QED) is 0.756. The molecule has 0 spiro atoms. The van der Waals surface area contributed by atoms with Gasteiger partial charge in [-0.3, -0.25) is 14.7 Å². The first-order valence-corrected chi connectivity index (χ1v) is 8.28. The molecule has 0 saturated carbocycles. The van der Waals surface area contributed by atoms with Gasteiger partial charge in [0.05, 0.1) is 5.69 Å². The van der Waals surface area contributed by atoms with E-state index in [1.165, 1.54) is 4.52 Å². The topological polar surface area (TPSA) is 96.2 Å². The van der Waals surface area contributed by atoms with Crippen molar-refractivity contribution in [3.8, 4) is 0 Å². The van der Waals surface area contributed by atoms with Crippen LogP contribution >= 0.6 is 0 Å². The van der Waals surface area contributed by atoms with Crippen molar-refractivity contribution in [2.75, 3.05) is 13.1 Å². The predicted octanol–water partition coefficient (Wildman–Crippen LogP) is 1.14. The highest BCUT2D eigenvalue weighted by atomic mass is 16.2. The molecule has 1 N–H and O–H groups in total. The molecule has 0 bridgehead atoms. The number of hydrogen-bond donors (Lipinski definition) is 1. The van der Waals surface area contributed by atoms with E-state index >= 15 is 0 Å². The standard InChI is InChI=1S/C17H18N6O2/c1-11-18-6-2-13(20-11)17(25)22-8-4-12(5-9-22)14-10-16(24)23-15(21-14)3-7-19-23/h2-3,6-7,10,12,19H,4-5,8-9H2,1H3. The molecule has 1 amide bonds. The molecular weight excluding hydrogens is 320 g/mol. The number of carbonyl (C=O) groups is 1. The number of carbonyl (C=O) groups excluding carboxylic acids is 1. The van der Waals surface area contributed by atoms with Gasteiger partial charge in [-0.1, -0.05) is 0 Å². The highest BCUT2D eigenvalue weighted by Crippen LogP contribution is 2.26. The summed E-state index contributed by atoms with van der Waals surface area (Å²) in [4.78, 5) is 39.3. The van der Waals surface area contributed by atoms with Gasteiger partial charge in [-0.05, 0) is 25.8 Å². The first-order valence-electron chi connectivity index (χ1n) is 8.28. The van der Waals surface area contributed by atoms with Crippen molar-refractivity contribution in [1.29, 1.82) is 0 Å². The van der Waals surface area contributed by atoms with E-state index in [0.29, 0.717) is 30.3 Å². The number of nitrogens with zero attached hydrogens (tertiary/aromatic N) is 5. The number of fused-ring (bicyclic) bond motifs is 1. The Kier molecular flexibility index (Phi) is 3.79. The number of amides is 1. The number of H-pyrrole nitrogens is 1. The minimum Gasteiger partial charge on any atom is -0.337 e. The van der Waals surface area contributed by atoms with E-state index in [4.69, 9.17) is 0 Å². The van der Waals surface area contributed by atoms with Gasteiger partial charge in [-0.25, -0.2) is 19.5 Å². The van der Waals surface area contributed by atoms with Crippen LogP contribution in [0.1, 0.15) is 40.8 Å². The third-order valence-corrected chi connectivity index (χ3v) is 4.60. The van der Waals surface area contributed by atoms with E-state index in [1.807, 2.05) is 0 Å². The number of aromatic amines is 1. The molecule has 0 aliphatic carbocycles. The molecule has 3 aromatic heterocycles. The third kappa shape index (κ3) is 2.90. The Labute approximate surface area is 143 Å². The second kappa shape index (κ2) is 6.12. The summed E-state index contributed by atoms with van der Waals surface area (Å²) in [5, 5.41) is 2.84. The summed E-state index contributed by atoms with van der Waals surface area (Å²) < 4.78 is 1.42. The second-order valence-electron chi connectivity index (χ2n) is 6.23. The maximum absolute atomic E-state index is 12.6. The largest absolute Gasteiger partial charge is 0.337 e. The SMILES string of the molecule is Cc1nccc(C(=O)N2CCC(c3cc(=O)n4[nH]ccc4n3)CC2)n1. The van der Waals surface area contributed by atoms with Crippen LogP contribution in [-0.2, 0) is 0 Å². The van der Waals surface area contributed by atoms with E-state index < -0.39 is 0 Å². The Hall–Kier alpha value is -3.03. The maximum Gasteiger partial charge on any atom is 0.272 e. The molecule has 1 fully saturated rings. The number of aromatic nitrogens is 5. The summed E-state index contributed by atoms with van der Waals surface area (Å²) in [7, 11) is 0. The molecule has 1 aliphatic heterocycles. The van der Waals surface area contributed by atoms with E-state index in [0.717, 1.165) is 18.5 Å². The number of piperidine rings is 1. The molecule has 8 nitrogen and oxygen atoms in total. The molecule has 128 valence electrons. The van der Waals surface area contributed by atoms with Crippen LogP contribution in [0.3, 0.4) is 0 Å². The van der Waals surface area contributed by atoms with Gasteiger partial charge in [0.15, 0.2) is 5.65 Å². The highest BCUT2D eigenvalue weighted by Gasteiger charge is 2.26. The van der Waals surface area contributed by atoms with Crippen LogP contribution in [0.25, 0.3) is 5.65 Å². The Morgan fingerprint density at radius 1 is 1.24 bits per heavy atom. The van der Waals surface area contributed by atoms with Crippen LogP contribution in [0.5, 0.6) is 0 Å². The van der Waals surface area contributed by atoms with Crippen LogP contribution in [-0.4, -0.2) is 48.5 Å². The number of nitrogens with one attached hydrogen (secondary N) is 1. The van der Waals surface area contributed by atoms with Crippen molar-refractivity contribution in [3.05, 3.63) is 58.2 Å². The van der Waals surface area contributed by atoms with E-state index in [9.17, 15) is 9.59 Å². The molecule has 25 heavy (non-hydrogen) atoms. The van der Waals surface area contributed by atoms with Gasteiger partial charge in [-0.15, -0.1) is 0 Å². The number of hydrogen-bond acceptors (Lipinski definition) is 5. The summed E-state index contributed by atoms with van der Waals surface area (Å²) in [6.07, 6.45) is 4.86. The maximum atomic E-state index is 12.6. The molecule has 4 heterocycles. The minimum atomic E-state index is -0.111. The van der Waals surface area contributed by atoms with Gasteiger partial charge in [0.25, 0.3) is 11.5 Å². The molecule has 0 radical (unpaired) electrons. The normalized spacial score (nSPS) is 15.6. The molecular formula is C17H18N6O2. The minimum absolute atomic E-state index is 0.0712. The fourth-order valence-electron chi connectivity index (χ4n) is 3.27. The van der Waals surface area contributed by atoms with Crippen LogP contribution in [0.2, 0.25) is 0 Å². The summed E-state index contributed by atoms with van der Waals surface area (Å²) in [5.74, 6) is 0.701. The summed E-state index contributed by atoms with van der Waals surface area (Å²) in [5.41, 5.74) is 1.74. The zero-order valence-electron chi connectivity index (χ0n) is 13.8. The van der Waals surface area contributed by atoms with Gasteiger partial charge in [0.2, 0.25) is 0 Å². The van der Waals surface area contributed by atoms with Gasteiger partial charge in [0.1, 0.15) is 11.5 Å². The van der Waals surface area contributed by atoms with E-state index in [2.05, 4.69) is 20.1 Å². The fraction of sp³-hybridized carbons (Fsp3) is 0.353. The molecule has 1 saturated heterocycles. The monoisotopic (exact) mass is 338 g/mol. The molecule has 3 aromatic rings. The zero-order valence-corrected chi connectivity index (χ0v) is 13.8. The van der Waals surface area contributed by atoms with Crippen LogP contribution in [0, 0.1) is 6.92 Å². The van der Waals surface area contributed by atoms with Gasteiger partial charge >= 0.3 is 0 Å². The molecule has 1 aliphatic rings. The Morgan fingerprint density at radius 3 is 2.80 bits per heavy atom. The number of aryl methyl sites for hydroxylation is 1. The van der Waals surface area contributed by atoms with Crippen molar-refractivity contribution in [2.45, 2.75) is 25.7 Å². The van der Waals surface area contributed by atoms with Crippen LogP contribution in [0.15, 0.2) is 35.4 Å². The summed E-state index contributed by atoms with van der Waals surface area (Å²) >= 11 is 0. The lowest BCUT2D eigenvalue weighted by atomic mass is 9.93. The first kappa shape index (κ1) is 15.5. The van der Waals surface area contributed by atoms with E-state index in [1.54, 1.807) is 42.4 Å². The molecule has 0 atom stereocenters.